The lowest BCUT2D eigenvalue weighted by molar-refractivity contribution is 0.00345. The lowest BCUT2D eigenvalue weighted by Crippen LogP contribution is -2.67. The minimum Gasteiger partial charge on any atom is -0.407 e. The molecule has 0 bridgehead atoms. The molecular formula is C25H36O7S2Si. The molecule has 1 saturated carbocycles. The fourth-order valence-corrected chi connectivity index (χ4v) is 11.0. The SMILES string of the molecule is CC(C)(C)[Si](OCC1CCC(OS(C)(=O)=O)C(OS(C)(=O)=O)C1)(c1ccccc1)c1ccccc1. The molecule has 3 atom stereocenters. The van der Waals surface area contributed by atoms with Crippen molar-refractivity contribution < 1.29 is 29.6 Å². The second-order valence-electron chi connectivity index (χ2n) is 10.3. The first-order valence-corrected chi connectivity index (χ1v) is 17.3. The number of hydrogen-bond donors (Lipinski definition) is 0. The summed E-state index contributed by atoms with van der Waals surface area (Å²) in [5, 5.41) is 2.14. The molecule has 35 heavy (non-hydrogen) atoms. The highest BCUT2D eigenvalue weighted by Crippen LogP contribution is 2.38. The zero-order chi connectivity index (χ0) is 25.9. The van der Waals surface area contributed by atoms with Crippen LogP contribution in [0, 0.1) is 5.92 Å². The Bertz CT molecular complexity index is 1140. The van der Waals surface area contributed by atoms with E-state index in [9.17, 15) is 16.8 Å². The van der Waals surface area contributed by atoms with Crippen molar-refractivity contribution >= 4 is 38.9 Å². The van der Waals surface area contributed by atoms with E-state index in [0.29, 0.717) is 25.9 Å². The Morgan fingerprint density at radius 1 is 0.771 bits per heavy atom. The van der Waals surface area contributed by atoms with E-state index >= 15 is 0 Å². The second kappa shape index (κ2) is 10.8. The van der Waals surface area contributed by atoms with Crippen molar-refractivity contribution in [2.45, 2.75) is 57.3 Å². The number of rotatable bonds is 9. The molecule has 0 heterocycles. The Kier molecular flexibility index (Phi) is 8.66. The lowest BCUT2D eigenvalue weighted by Gasteiger charge is -2.44. The van der Waals surface area contributed by atoms with E-state index in [4.69, 9.17) is 12.8 Å². The number of hydrogen-bond acceptors (Lipinski definition) is 7. The highest BCUT2D eigenvalue weighted by Gasteiger charge is 2.50. The van der Waals surface area contributed by atoms with Crippen molar-refractivity contribution in [3.63, 3.8) is 0 Å². The van der Waals surface area contributed by atoms with E-state index in [-0.39, 0.29) is 11.0 Å². The molecule has 3 rings (SSSR count). The summed E-state index contributed by atoms with van der Waals surface area (Å²) in [4.78, 5) is 0. The summed E-state index contributed by atoms with van der Waals surface area (Å²) in [6, 6.07) is 20.6. The van der Waals surface area contributed by atoms with Crippen LogP contribution in [0.3, 0.4) is 0 Å². The summed E-state index contributed by atoms with van der Waals surface area (Å²) in [6.45, 7) is 7.01. The molecule has 2 aromatic carbocycles. The Labute approximate surface area is 211 Å². The molecule has 7 nitrogen and oxygen atoms in total. The third-order valence-electron chi connectivity index (χ3n) is 6.39. The predicted octanol–water partition coefficient (Wildman–Crippen LogP) is 3.05. The maximum Gasteiger partial charge on any atom is 0.264 e. The molecular weight excluding hydrogens is 504 g/mol. The van der Waals surface area contributed by atoms with Gasteiger partial charge >= 0.3 is 0 Å². The van der Waals surface area contributed by atoms with Crippen LogP contribution in [0.5, 0.6) is 0 Å². The van der Waals surface area contributed by atoms with Crippen molar-refractivity contribution in [1.29, 1.82) is 0 Å². The Balaban J connectivity index is 1.91. The van der Waals surface area contributed by atoms with Gasteiger partial charge in [0.15, 0.2) is 0 Å². The molecule has 1 fully saturated rings. The van der Waals surface area contributed by atoms with Crippen LogP contribution >= 0.6 is 0 Å². The molecule has 0 N–H and O–H groups in total. The summed E-state index contributed by atoms with van der Waals surface area (Å²) in [5.74, 6) is -0.0113. The normalized spacial score (nSPS) is 22.1. The summed E-state index contributed by atoms with van der Waals surface area (Å²) in [7, 11) is -10.3. The Morgan fingerprint density at radius 3 is 1.66 bits per heavy atom. The summed E-state index contributed by atoms with van der Waals surface area (Å²) >= 11 is 0. The summed E-state index contributed by atoms with van der Waals surface area (Å²) in [6.07, 6.45) is 1.52. The second-order valence-corrected chi connectivity index (χ2v) is 17.8. The van der Waals surface area contributed by atoms with Crippen LogP contribution in [0.2, 0.25) is 5.04 Å². The first-order valence-electron chi connectivity index (χ1n) is 11.7. The van der Waals surface area contributed by atoms with Gasteiger partial charge < -0.3 is 4.43 Å². The van der Waals surface area contributed by atoms with E-state index in [2.05, 4.69) is 45.0 Å². The van der Waals surface area contributed by atoms with Crippen LogP contribution in [0.1, 0.15) is 40.0 Å². The van der Waals surface area contributed by atoms with Crippen LogP contribution in [0.25, 0.3) is 0 Å². The van der Waals surface area contributed by atoms with E-state index in [1.54, 1.807) is 0 Å². The Hall–Kier alpha value is -1.56. The molecule has 194 valence electrons. The largest absolute Gasteiger partial charge is 0.407 e. The average molecular weight is 541 g/mol. The van der Waals surface area contributed by atoms with Crippen LogP contribution in [0.4, 0.5) is 0 Å². The van der Waals surface area contributed by atoms with Gasteiger partial charge in [0.2, 0.25) is 0 Å². The molecule has 0 saturated heterocycles. The highest BCUT2D eigenvalue weighted by molar-refractivity contribution is 7.86. The molecule has 1 aliphatic carbocycles. The fraction of sp³-hybridized carbons (Fsp3) is 0.520. The van der Waals surface area contributed by atoms with Crippen LogP contribution in [0.15, 0.2) is 60.7 Å². The third kappa shape index (κ3) is 7.24. The van der Waals surface area contributed by atoms with Crippen LogP contribution in [-0.2, 0) is 33.0 Å². The quantitative estimate of drug-likeness (QED) is 0.356. The first-order chi connectivity index (χ1) is 16.2. The maximum atomic E-state index is 11.9. The fourth-order valence-electron chi connectivity index (χ4n) is 5.00. The first kappa shape index (κ1) is 28.0. The van der Waals surface area contributed by atoms with Crippen molar-refractivity contribution in [2.24, 2.45) is 5.92 Å². The summed E-state index contributed by atoms with van der Waals surface area (Å²) < 4.78 is 64.7. The van der Waals surface area contributed by atoms with Crippen molar-refractivity contribution in [3.05, 3.63) is 60.7 Å². The molecule has 3 unspecified atom stereocenters. The molecule has 1 aliphatic rings. The zero-order valence-corrected chi connectivity index (χ0v) is 23.6. The van der Waals surface area contributed by atoms with Gasteiger partial charge in [-0.05, 0) is 40.6 Å². The molecule has 10 heteroatoms. The van der Waals surface area contributed by atoms with E-state index < -0.39 is 40.8 Å². The van der Waals surface area contributed by atoms with Gasteiger partial charge in [0, 0.05) is 6.61 Å². The van der Waals surface area contributed by atoms with Gasteiger partial charge in [-0.1, -0.05) is 81.4 Å². The molecule has 2 aromatic rings. The van der Waals surface area contributed by atoms with Gasteiger partial charge in [-0.3, -0.25) is 8.37 Å². The highest BCUT2D eigenvalue weighted by atomic mass is 32.2. The molecule has 0 spiro atoms. The van der Waals surface area contributed by atoms with Crippen molar-refractivity contribution in [3.8, 4) is 0 Å². The standard InChI is InChI=1S/C25H36O7S2Si/c1-25(2,3)35(21-12-8-6-9-13-21,22-14-10-7-11-15-22)30-19-20-16-17-23(31-33(4,26)27)24(18-20)32-34(5,28)29/h6-15,20,23-24H,16-19H2,1-5H3. The van der Waals surface area contributed by atoms with E-state index in [0.717, 1.165) is 22.9 Å². The Morgan fingerprint density at radius 2 is 1.23 bits per heavy atom. The molecule has 0 radical (unpaired) electrons. The van der Waals surface area contributed by atoms with Gasteiger partial charge in [0.1, 0.15) is 12.2 Å². The molecule has 0 aliphatic heterocycles. The summed E-state index contributed by atoms with van der Waals surface area (Å²) in [5.41, 5.74) is 0. The molecule has 0 amide bonds. The lowest BCUT2D eigenvalue weighted by atomic mass is 9.86. The monoisotopic (exact) mass is 540 g/mol. The number of benzene rings is 2. The van der Waals surface area contributed by atoms with Crippen LogP contribution < -0.4 is 10.4 Å². The molecule has 0 aromatic heterocycles. The average Bonchev–Trinajstić information content (AvgIpc) is 2.74. The predicted molar refractivity (Wildman–Crippen MR) is 140 cm³/mol. The van der Waals surface area contributed by atoms with Gasteiger partial charge in [0.05, 0.1) is 12.5 Å². The smallest absolute Gasteiger partial charge is 0.264 e. The van der Waals surface area contributed by atoms with E-state index in [1.807, 2.05) is 36.4 Å². The van der Waals surface area contributed by atoms with Crippen molar-refractivity contribution in [2.75, 3.05) is 19.1 Å². The van der Waals surface area contributed by atoms with Gasteiger partial charge in [-0.15, -0.1) is 0 Å². The van der Waals surface area contributed by atoms with E-state index in [1.165, 1.54) is 0 Å². The van der Waals surface area contributed by atoms with Gasteiger partial charge in [-0.2, -0.15) is 16.8 Å². The third-order valence-corrected chi connectivity index (χ3v) is 12.6. The topological polar surface area (TPSA) is 96.0 Å². The zero-order valence-electron chi connectivity index (χ0n) is 21.0. The van der Waals surface area contributed by atoms with Crippen LogP contribution in [-0.4, -0.2) is 56.5 Å². The van der Waals surface area contributed by atoms with Gasteiger partial charge in [0.25, 0.3) is 28.6 Å². The minimum atomic E-state index is -3.80. The minimum absolute atomic E-state index is 0.0113. The van der Waals surface area contributed by atoms with Crippen molar-refractivity contribution in [1.82, 2.24) is 0 Å². The van der Waals surface area contributed by atoms with Gasteiger partial charge in [-0.25, -0.2) is 0 Å². The maximum absolute atomic E-state index is 11.9.